The minimum absolute atomic E-state index is 0.0746. The maximum atomic E-state index is 12.6. The number of amides is 1. The zero-order valence-electron chi connectivity index (χ0n) is 13.1. The van der Waals surface area contributed by atoms with Crippen LogP contribution in [0, 0.1) is 6.92 Å². The smallest absolute Gasteiger partial charge is 0.386 e. The highest BCUT2D eigenvalue weighted by atomic mass is 19.4. The predicted molar refractivity (Wildman–Crippen MR) is 79.2 cm³/mol. The average molecular weight is 342 g/mol. The summed E-state index contributed by atoms with van der Waals surface area (Å²) in [7, 11) is 0. The number of nitrogens with one attached hydrogen (secondary N) is 1. The number of rotatable bonds is 5. The van der Waals surface area contributed by atoms with Crippen LogP contribution >= 0.6 is 0 Å². The van der Waals surface area contributed by atoms with Gasteiger partial charge in [-0.15, -0.1) is 0 Å². The summed E-state index contributed by atoms with van der Waals surface area (Å²) in [4.78, 5) is 12.1. The second-order valence-corrected chi connectivity index (χ2v) is 5.38. The molecule has 5 nitrogen and oxygen atoms in total. The molecule has 0 aliphatic rings. The molecule has 0 radical (unpaired) electrons. The fourth-order valence-electron chi connectivity index (χ4n) is 2.22. The number of alkyl halides is 3. The summed E-state index contributed by atoms with van der Waals surface area (Å²) in [5.74, 6) is -0.0545. The summed E-state index contributed by atoms with van der Waals surface area (Å²) in [6, 6.07) is 4.96. The fraction of sp³-hybridized carbons (Fsp3) is 0.375. The van der Waals surface area contributed by atoms with Gasteiger partial charge in [-0.1, -0.05) is 24.2 Å². The number of aliphatic hydroxyl groups is 1. The van der Waals surface area contributed by atoms with Crippen LogP contribution in [0.15, 0.2) is 34.9 Å². The van der Waals surface area contributed by atoms with Gasteiger partial charge in [0.2, 0.25) is 0 Å². The molecule has 1 aromatic heterocycles. The largest absolute Gasteiger partial charge is 0.416 e. The van der Waals surface area contributed by atoms with Crippen LogP contribution in [-0.2, 0) is 6.18 Å². The molecule has 2 unspecified atom stereocenters. The number of aliphatic hydroxyl groups excluding tert-OH is 1. The molecular weight excluding hydrogens is 325 g/mol. The third-order valence-corrected chi connectivity index (χ3v) is 3.58. The van der Waals surface area contributed by atoms with Gasteiger partial charge >= 0.3 is 6.18 Å². The van der Waals surface area contributed by atoms with Crippen molar-refractivity contribution in [1.29, 1.82) is 0 Å². The zero-order chi connectivity index (χ0) is 17.9. The Morgan fingerprint density at radius 3 is 2.42 bits per heavy atom. The predicted octanol–water partition coefficient (Wildman–Crippen LogP) is 3.24. The van der Waals surface area contributed by atoms with Crippen LogP contribution < -0.4 is 5.32 Å². The minimum Gasteiger partial charge on any atom is -0.386 e. The second kappa shape index (κ2) is 7.04. The second-order valence-electron chi connectivity index (χ2n) is 5.38. The molecule has 8 heteroatoms. The Kier molecular flexibility index (Phi) is 5.28. The van der Waals surface area contributed by atoms with Gasteiger partial charge in [0.25, 0.3) is 5.91 Å². The van der Waals surface area contributed by atoms with E-state index in [0.29, 0.717) is 12.2 Å². The minimum atomic E-state index is -4.44. The molecule has 24 heavy (non-hydrogen) atoms. The first kappa shape index (κ1) is 18.0. The number of hydrogen-bond donors (Lipinski definition) is 2. The van der Waals surface area contributed by atoms with Crippen molar-refractivity contribution in [2.24, 2.45) is 0 Å². The van der Waals surface area contributed by atoms with E-state index in [9.17, 15) is 23.1 Å². The Morgan fingerprint density at radius 1 is 1.33 bits per heavy atom. The third kappa shape index (κ3) is 4.14. The molecule has 130 valence electrons. The molecule has 0 spiro atoms. The Hall–Kier alpha value is -2.35. The van der Waals surface area contributed by atoms with Gasteiger partial charge in [-0.05, 0) is 31.0 Å². The number of aryl methyl sites for hydroxylation is 1. The van der Waals surface area contributed by atoms with E-state index in [0.717, 1.165) is 12.1 Å². The van der Waals surface area contributed by atoms with E-state index in [-0.39, 0.29) is 11.3 Å². The monoisotopic (exact) mass is 342 g/mol. The number of aromatic nitrogens is 1. The molecule has 0 aliphatic carbocycles. The third-order valence-electron chi connectivity index (χ3n) is 3.58. The molecule has 1 heterocycles. The normalized spacial score (nSPS) is 14.2. The van der Waals surface area contributed by atoms with Gasteiger partial charge in [0.05, 0.1) is 17.7 Å². The number of hydrogen-bond acceptors (Lipinski definition) is 4. The molecule has 0 bridgehead atoms. The van der Waals surface area contributed by atoms with Gasteiger partial charge in [0.1, 0.15) is 5.76 Å². The molecule has 2 atom stereocenters. The highest BCUT2D eigenvalue weighted by Gasteiger charge is 2.31. The van der Waals surface area contributed by atoms with Crippen molar-refractivity contribution in [3.05, 3.63) is 52.9 Å². The number of carbonyl (C=O) groups is 1. The van der Waals surface area contributed by atoms with Crippen LogP contribution in [0.25, 0.3) is 0 Å². The standard InChI is InChI=1S/C16H17F3N2O3/c1-3-12(20-15(23)13-8-9(2)24-21-13)14(22)10-4-6-11(7-5-10)16(17,18)19/h4-8,12,14,22H,3H2,1-2H3,(H,20,23). The summed E-state index contributed by atoms with van der Waals surface area (Å²) in [6.45, 7) is 3.38. The molecule has 0 saturated heterocycles. The lowest BCUT2D eigenvalue weighted by atomic mass is 9.99. The Morgan fingerprint density at radius 2 is 1.96 bits per heavy atom. The van der Waals surface area contributed by atoms with E-state index in [1.807, 2.05) is 0 Å². The molecule has 0 saturated carbocycles. The number of benzene rings is 1. The highest BCUT2D eigenvalue weighted by molar-refractivity contribution is 5.92. The van der Waals surface area contributed by atoms with Crippen LogP contribution in [0.4, 0.5) is 13.2 Å². The van der Waals surface area contributed by atoms with Crippen molar-refractivity contribution >= 4 is 5.91 Å². The van der Waals surface area contributed by atoms with E-state index in [4.69, 9.17) is 4.52 Å². The number of carbonyl (C=O) groups excluding carboxylic acids is 1. The van der Waals surface area contributed by atoms with E-state index in [1.54, 1.807) is 13.8 Å². The van der Waals surface area contributed by atoms with Crippen molar-refractivity contribution in [3.8, 4) is 0 Å². The molecule has 2 aromatic rings. The van der Waals surface area contributed by atoms with Gasteiger partial charge in [0.15, 0.2) is 5.69 Å². The van der Waals surface area contributed by atoms with Crippen LogP contribution in [0.5, 0.6) is 0 Å². The van der Waals surface area contributed by atoms with Crippen molar-refractivity contribution in [3.63, 3.8) is 0 Å². The zero-order valence-corrected chi connectivity index (χ0v) is 13.1. The average Bonchev–Trinajstić information content (AvgIpc) is 2.97. The molecule has 1 amide bonds. The molecule has 0 fully saturated rings. The summed E-state index contributed by atoms with van der Waals surface area (Å²) in [6.07, 6.45) is -5.20. The van der Waals surface area contributed by atoms with E-state index < -0.39 is 29.8 Å². The van der Waals surface area contributed by atoms with Crippen molar-refractivity contribution in [2.75, 3.05) is 0 Å². The molecule has 2 rings (SSSR count). The van der Waals surface area contributed by atoms with Crippen molar-refractivity contribution in [1.82, 2.24) is 10.5 Å². The van der Waals surface area contributed by atoms with Gasteiger partial charge in [0, 0.05) is 6.07 Å². The summed E-state index contributed by atoms with van der Waals surface area (Å²) >= 11 is 0. The van der Waals surface area contributed by atoms with Crippen molar-refractivity contribution < 1.29 is 27.6 Å². The first-order valence-corrected chi connectivity index (χ1v) is 7.31. The van der Waals surface area contributed by atoms with Crippen LogP contribution in [0.2, 0.25) is 0 Å². The van der Waals surface area contributed by atoms with Crippen LogP contribution in [0.1, 0.15) is 46.8 Å². The highest BCUT2D eigenvalue weighted by Crippen LogP contribution is 2.30. The summed E-state index contributed by atoms with van der Waals surface area (Å²) in [5, 5.41) is 16.5. The Balaban J connectivity index is 2.10. The number of halogens is 3. The Bertz CT molecular complexity index is 695. The number of nitrogens with zero attached hydrogens (tertiary/aromatic N) is 1. The SMILES string of the molecule is CCC(NC(=O)c1cc(C)on1)C(O)c1ccc(C(F)(F)F)cc1. The van der Waals surface area contributed by atoms with Gasteiger partial charge in [-0.2, -0.15) is 13.2 Å². The summed E-state index contributed by atoms with van der Waals surface area (Å²) in [5.41, 5.74) is -0.439. The lowest BCUT2D eigenvalue weighted by Crippen LogP contribution is -2.39. The van der Waals surface area contributed by atoms with E-state index in [1.165, 1.54) is 18.2 Å². The maximum Gasteiger partial charge on any atom is 0.416 e. The fourth-order valence-corrected chi connectivity index (χ4v) is 2.22. The lowest BCUT2D eigenvalue weighted by Gasteiger charge is -2.23. The molecule has 1 aromatic carbocycles. The van der Waals surface area contributed by atoms with Gasteiger partial charge in [-0.25, -0.2) is 0 Å². The van der Waals surface area contributed by atoms with Crippen molar-refractivity contribution in [2.45, 2.75) is 38.6 Å². The van der Waals surface area contributed by atoms with Gasteiger partial charge in [-0.3, -0.25) is 4.79 Å². The van der Waals surface area contributed by atoms with E-state index in [2.05, 4.69) is 10.5 Å². The molecular formula is C16H17F3N2O3. The first-order valence-electron chi connectivity index (χ1n) is 7.31. The van der Waals surface area contributed by atoms with Gasteiger partial charge < -0.3 is 14.9 Å². The topological polar surface area (TPSA) is 75.4 Å². The van der Waals surface area contributed by atoms with E-state index >= 15 is 0 Å². The first-order chi connectivity index (χ1) is 11.2. The Labute approximate surface area is 136 Å². The lowest BCUT2D eigenvalue weighted by molar-refractivity contribution is -0.137. The molecule has 2 N–H and O–H groups in total. The maximum absolute atomic E-state index is 12.6. The molecule has 0 aliphatic heterocycles. The quantitative estimate of drug-likeness (QED) is 0.875. The van der Waals surface area contributed by atoms with Crippen LogP contribution in [0.3, 0.4) is 0 Å². The summed E-state index contributed by atoms with van der Waals surface area (Å²) < 4.78 is 42.5. The van der Waals surface area contributed by atoms with Crippen LogP contribution in [-0.4, -0.2) is 22.2 Å².